The van der Waals surface area contributed by atoms with Crippen LogP contribution in [0.4, 0.5) is 0 Å². The number of rotatable bonds is 4. The van der Waals surface area contributed by atoms with E-state index in [4.69, 9.17) is 14.2 Å². The van der Waals surface area contributed by atoms with Gasteiger partial charge in [-0.2, -0.15) is 0 Å². The van der Waals surface area contributed by atoms with Gasteiger partial charge in [0.1, 0.15) is 11.5 Å². The number of nitrogens with one attached hydrogen (secondary N) is 1. The summed E-state index contributed by atoms with van der Waals surface area (Å²) in [7, 11) is 3.43. The maximum absolute atomic E-state index is 5.55. The monoisotopic (exact) mass is 263 g/mol. The molecule has 0 amide bonds. The Labute approximate surface area is 114 Å². The summed E-state index contributed by atoms with van der Waals surface area (Å²) in [4.78, 5) is 0. The Morgan fingerprint density at radius 1 is 1.26 bits per heavy atom. The van der Waals surface area contributed by atoms with Crippen molar-refractivity contribution in [2.45, 2.75) is 11.8 Å². The minimum Gasteiger partial charge on any atom is -0.497 e. The molecule has 1 N–H and O–H groups in total. The molecule has 1 aromatic rings. The molecule has 104 valence electrons. The van der Waals surface area contributed by atoms with E-state index >= 15 is 0 Å². The van der Waals surface area contributed by atoms with Gasteiger partial charge in [-0.25, -0.2) is 0 Å². The number of benzene rings is 1. The summed E-state index contributed by atoms with van der Waals surface area (Å²) < 4.78 is 16.5. The lowest BCUT2D eigenvalue weighted by atomic mass is 9.68. The second-order valence-electron chi connectivity index (χ2n) is 5.40. The molecule has 4 heteroatoms. The van der Waals surface area contributed by atoms with Crippen LogP contribution in [0.15, 0.2) is 18.2 Å². The molecule has 1 unspecified atom stereocenters. The van der Waals surface area contributed by atoms with Crippen molar-refractivity contribution in [3.8, 4) is 11.5 Å². The minimum absolute atomic E-state index is 0.0867. The lowest BCUT2D eigenvalue weighted by Crippen LogP contribution is -2.53. The molecule has 1 aromatic carbocycles. The quantitative estimate of drug-likeness (QED) is 0.895. The van der Waals surface area contributed by atoms with Crippen molar-refractivity contribution in [2.24, 2.45) is 5.92 Å². The van der Waals surface area contributed by atoms with Crippen molar-refractivity contribution in [3.63, 3.8) is 0 Å². The highest BCUT2D eigenvalue weighted by atomic mass is 16.5. The van der Waals surface area contributed by atoms with E-state index < -0.39 is 0 Å². The Morgan fingerprint density at radius 3 is 2.63 bits per heavy atom. The summed E-state index contributed by atoms with van der Waals surface area (Å²) in [6, 6.07) is 6.05. The molecule has 2 heterocycles. The van der Waals surface area contributed by atoms with Gasteiger partial charge in [0.2, 0.25) is 0 Å². The van der Waals surface area contributed by atoms with E-state index in [1.54, 1.807) is 14.2 Å². The van der Waals surface area contributed by atoms with Gasteiger partial charge in [-0.05, 0) is 43.6 Å². The van der Waals surface area contributed by atoms with Crippen LogP contribution in [0.5, 0.6) is 11.5 Å². The fraction of sp³-hybridized carbons (Fsp3) is 0.600. The Kier molecular flexibility index (Phi) is 3.37. The first-order valence-corrected chi connectivity index (χ1v) is 6.81. The SMILES string of the molecule is COc1ccc(OC)c(C2(C3CCNC3)COC2)c1. The highest BCUT2D eigenvalue weighted by molar-refractivity contribution is 5.47. The van der Waals surface area contributed by atoms with Crippen LogP contribution < -0.4 is 14.8 Å². The van der Waals surface area contributed by atoms with Crippen molar-refractivity contribution in [1.82, 2.24) is 5.32 Å². The zero-order valence-electron chi connectivity index (χ0n) is 11.6. The maximum Gasteiger partial charge on any atom is 0.123 e. The molecule has 0 saturated carbocycles. The van der Waals surface area contributed by atoms with E-state index in [1.807, 2.05) is 12.1 Å². The van der Waals surface area contributed by atoms with Crippen LogP contribution in [0.1, 0.15) is 12.0 Å². The third-order valence-electron chi connectivity index (χ3n) is 4.50. The van der Waals surface area contributed by atoms with Gasteiger partial charge in [-0.3, -0.25) is 0 Å². The number of ether oxygens (including phenoxy) is 3. The molecule has 0 aromatic heterocycles. The molecule has 2 saturated heterocycles. The summed E-state index contributed by atoms with van der Waals surface area (Å²) in [6.07, 6.45) is 1.20. The van der Waals surface area contributed by atoms with Gasteiger partial charge in [-0.15, -0.1) is 0 Å². The average Bonchev–Trinajstić information content (AvgIpc) is 2.91. The van der Waals surface area contributed by atoms with Crippen molar-refractivity contribution < 1.29 is 14.2 Å². The molecular formula is C15H21NO3. The molecule has 19 heavy (non-hydrogen) atoms. The van der Waals surface area contributed by atoms with Crippen molar-refractivity contribution in [2.75, 3.05) is 40.5 Å². The lowest BCUT2D eigenvalue weighted by molar-refractivity contribution is -0.0878. The number of hydrogen-bond acceptors (Lipinski definition) is 4. The van der Waals surface area contributed by atoms with E-state index in [9.17, 15) is 0 Å². The van der Waals surface area contributed by atoms with E-state index in [1.165, 1.54) is 12.0 Å². The van der Waals surface area contributed by atoms with Gasteiger partial charge in [-0.1, -0.05) is 0 Å². The number of methoxy groups -OCH3 is 2. The van der Waals surface area contributed by atoms with Gasteiger partial charge >= 0.3 is 0 Å². The van der Waals surface area contributed by atoms with Gasteiger partial charge < -0.3 is 19.5 Å². The van der Waals surface area contributed by atoms with Crippen LogP contribution >= 0.6 is 0 Å². The fourth-order valence-corrected chi connectivity index (χ4v) is 3.26. The van der Waals surface area contributed by atoms with E-state index in [0.29, 0.717) is 5.92 Å². The third kappa shape index (κ3) is 1.99. The Hall–Kier alpha value is -1.26. The Morgan fingerprint density at radius 2 is 2.11 bits per heavy atom. The summed E-state index contributed by atoms with van der Waals surface area (Å²) in [5.74, 6) is 2.44. The molecule has 0 bridgehead atoms. The highest BCUT2D eigenvalue weighted by Crippen LogP contribution is 2.46. The van der Waals surface area contributed by atoms with Gasteiger partial charge in [0, 0.05) is 11.0 Å². The van der Waals surface area contributed by atoms with Gasteiger partial charge in [0.05, 0.1) is 27.4 Å². The largest absolute Gasteiger partial charge is 0.497 e. The van der Waals surface area contributed by atoms with E-state index in [-0.39, 0.29) is 5.41 Å². The van der Waals surface area contributed by atoms with Crippen LogP contribution in [0.3, 0.4) is 0 Å². The van der Waals surface area contributed by atoms with Crippen LogP contribution in [-0.2, 0) is 10.2 Å². The molecule has 1 atom stereocenters. The third-order valence-corrected chi connectivity index (χ3v) is 4.50. The second-order valence-corrected chi connectivity index (χ2v) is 5.40. The predicted molar refractivity (Wildman–Crippen MR) is 73.0 cm³/mol. The van der Waals surface area contributed by atoms with Crippen LogP contribution in [0, 0.1) is 5.92 Å². The molecular weight excluding hydrogens is 242 g/mol. The first-order valence-electron chi connectivity index (χ1n) is 6.81. The predicted octanol–water partition coefficient (Wildman–Crippen LogP) is 1.58. The minimum atomic E-state index is 0.0867. The molecule has 0 radical (unpaired) electrons. The molecule has 4 nitrogen and oxygen atoms in total. The van der Waals surface area contributed by atoms with E-state index in [0.717, 1.165) is 37.8 Å². The van der Waals surface area contributed by atoms with E-state index in [2.05, 4.69) is 11.4 Å². The molecule has 3 rings (SSSR count). The van der Waals surface area contributed by atoms with Gasteiger partial charge in [0.25, 0.3) is 0 Å². The summed E-state index contributed by atoms with van der Waals surface area (Å²) in [6.45, 7) is 3.72. The standard InChI is InChI=1S/C15H21NO3/c1-17-12-3-4-14(18-2)13(7-12)15(9-19-10-15)11-5-6-16-8-11/h3-4,7,11,16H,5-6,8-10H2,1-2H3. The van der Waals surface area contributed by atoms with Crippen LogP contribution in [0.2, 0.25) is 0 Å². The topological polar surface area (TPSA) is 39.7 Å². The average molecular weight is 263 g/mol. The second kappa shape index (κ2) is 5.02. The van der Waals surface area contributed by atoms with Gasteiger partial charge in [0.15, 0.2) is 0 Å². The smallest absolute Gasteiger partial charge is 0.123 e. The summed E-state index contributed by atoms with van der Waals surface area (Å²) in [5.41, 5.74) is 1.32. The Balaban J connectivity index is 2.02. The first kappa shape index (κ1) is 12.8. The first-order chi connectivity index (χ1) is 9.30. The molecule has 2 aliphatic rings. The highest BCUT2D eigenvalue weighted by Gasteiger charge is 2.49. The normalized spacial score (nSPS) is 24.8. The van der Waals surface area contributed by atoms with Crippen molar-refractivity contribution in [3.05, 3.63) is 23.8 Å². The Bertz CT molecular complexity index is 451. The molecule has 2 aliphatic heterocycles. The summed E-state index contributed by atoms with van der Waals surface area (Å²) >= 11 is 0. The van der Waals surface area contributed by atoms with Crippen molar-refractivity contribution >= 4 is 0 Å². The fourth-order valence-electron chi connectivity index (χ4n) is 3.26. The summed E-state index contributed by atoms with van der Waals surface area (Å²) in [5, 5.41) is 3.45. The molecule has 0 aliphatic carbocycles. The number of hydrogen-bond donors (Lipinski definition) is 1. The molecule has 2 fully saturated rings. The zero-order chi connectivity index (χ0) is 13.3. The van der Waals surface area contributed by atoms with Crippen LogP contribution in [0.25, 0.3) is 0 Å². The lowest BCUT2D eigenvalue weighted by Gasteiger charge is -2.46. The maximum atomic E-state index is 5.55. The van der Waals surface area contributed by atoms with Crippen LogP contribution in [-0.4, -0.2) is 40.5 Å². The zero-order valence-corrected chi connectivity index (χ0v) is 11.6. The van der Waals surface area contributed by atoms with Crippen molar-refractivity contribution in [1.29, 1.82) is 0 Å². The molecule has 0 spiro atoms.